The van der Waals surface area contributed by atoms with E-state index in [0.29, 0.717) is 13.2 Å². The molecule has 3 nitrogen and oxygen atoms in total. The summed E-state index contributed by atoms with van der Waals surface area (Å²) in [6.45, 7) is 5.42. The lowest BCUT2D eigenvalue weighted by atomic mass is 10.5. The summed E-state index contributed by atoms with van der Waals surface area (Å²) in [5.74, 6) is 0.848. The maximum atomic E-state index is 5.73. The summed E-state index contributed by atoms with van der Waals surface area (Å²) in [5, 5.41) is 0. The van der Waals surface area contributed by atoms with Crippen molar-refractivity contribution in [2.75, 3.05) is 26.1 Å². The van der Waals surface area contributed by atoms with Crippen molar-refractivity contribution in [1.82, 2.24) is 0 Å². The third kappa shape index (κ3) is 5.36. The largest absolute Gasteiger partial charge is 0.500 e. The maximum absolute atomic E-state index is 5.73. The smallest absolute Gasteiger partial charge is 0.377 e. The molecule has 0 heterocycles. The molecule has 0 N–H and O–H groups in total. The van der Waals surface area contributed by atoms with Crippen LogP contribution < -0.4 is 0 Å². The van der Waals surface area contributed by atoms with Crippen LogP contribution >= 0.6 is 12.6 Å². The molecule has 5 heteroatoms. The normalized spacial score (nSPS) is 15.4. The van der Waals surface area contributed by atoms with E-state index in [1.807, 2.05) is 6.92 Å². The molecule has 0 aromatic rings. The maximum Gasteiger partial charge on any atom is 0.500 e. The summed E-state index contributed by atoms with van der Waals surface area (Å²) >= 11 is 4.19. The molecule has 0 aliphatic rings. The fourth-order valence-corrected chi connectivity index (χ4v) is 4.01. The minimum absolute atomic E-state index is 0.649. The molecule has 1 unspecified atom stereocenters. The Bertz CT molecular complexity index is 127. The molecule has 0 spiro atoms. The lowest BCUT2D eigenvalue weighted by Gasteiger charge is -2.27. The van der Waals surface area contributed by atoms with Crippen LogP contribution in [0.2, 0.25) is 6.04 Å². The topological polar surface area (TPSA) is 27.7 Å². The fourth-order valence-electron chi connectivity index (χ4n) is 1.18. The van der Waals surface area contributed by atoms with Crippen molar-refractivity contribution in [3.63, 3.8) is 0 Å². The van der Waals surface area contributed by atoms with Crippen LogP contribution in [0.1, 0.15) is 26.7 Å². The van der Waals surface area contributed by atoms with E-state index in [0.717, 1.165) is 24.6 Å². The van der Waals surface area contributed by atoms with Gasteiger partial charge in [0.15, 0.2) is 0 Å². The van der Waals surface area contributed by atoms with Gasteiger partial charge in [-0.2, -0.15) is 12.6 Å². The zero-order valence-electron chi connectivity index (χ0n) is 9.41. The second kappa shape index (κ2) is 8.73. The third-order valence-corrected chi connectivity index (χ3v) is 5.12. The standard InChI is InChI=1S/C9H22O3SSi/c1-4-7-12-14(10-3,11-5-2)9-6-8-13/h13H,4-9H2,1-3H3. The highest BCUT2D eigenvalue weighted by Gasteiger charge is 2.38. The molecule has 0 aromatic heterocycles. The number of hydrogen-bond donors (Lipinski definition) is 1. The molecule has 0 bridgehead atoms. The van der Waals surface area contributed by atoms with E-state index >= 15 is 0 Å². The summed E-state index contributed by atoms with van der Waals surface area (Å²) in [7, 11) is -0.684. The SMILES string of the molecule is CCCO[Si](CCCS)(OC)OCC. The molecule has 0 saturated heterocycles. The van der Waals surface area contributed by atoms with Gasteiger partial charge in [-0.3, -0.25) is 0 Å². The Hall–Kier alpha value is 0.447. The lowest BCUT2D eigenvalue weighted by molar-refractivity contribution is 0.0818. The van der Waals surface area contributed by atoms with E-state index in [2.05, 4.69) is 19.6 Å². The van der Waals surface area contributed by atoms with Gasteiger partial charge in [0.2, 0.25) is 0 Å². The predicted molar refractivity (Wildman–Crippen MR) is 63.9 cm³/mol. The van der Waals surface area contributed by atoms with Gasteiger partial charge in [-0.1, -0.05) is 6.92 Å². The van der Waals surface area contributed by atoms with Gasteiger partial charge < -0.3 is 13.3 Å². The summed E-state index contributed by atoms with van der Waals surface area (Å²) in [5.41, 5.74) is 0. The van der Waals surface area contributed by atoms with Crippen LogP contribution in [0.4, 0.5) is 0 Å². The quantitative estimate of drug-likeness (QED) is 0.493. The Labute approximate surface area is 93.9 Å². The Kier molecular flexibility index (Phi) is 9.01. The molecule has 0 amide bonds. The molecule has 0 aliphatic carbocycles. The highest BCUT2D eigenvalue weighted by atomic mass is 32.1. The second-order valence-corrected chi connectivity index (χ2v) is 6.29. The monoisotopic (exact) mass is 238 g/mol. The highest BCUT2D eigenvalue weighted by Crippen LogP contribution is 2.17. The Morgan fingerprint density at radius 3 is 2.36 bits per heavy atom. The zero-order chi connectivity index (χ0) is 10.9. The molecule has 14 heavy (non-hydrogen) atoms. The molecule has 0 saturated carbocycles. The van der Waals surface area contributed by atoms with Gasteiger partial charge in [-0.05, 0) is 25.5 Å². The van der Waals surface area contributed by atoms with Gasteiger partial charge in [0, 0.05) is 26.4 Å². The van der Waals surface area contributed by atoms with Gasteiger partial charge in [0.1, 0.15) is 0 Å². The van der Waals surface area contributed by atoms with E-state index in [1.54, 1.807) is 7.11 Å². The van der Waals surface area contributed by atoms with Crippen molar-refractivity contribution in [3.05, 3.63) is 0 Å². The van der Waals surface area contributed by atoms with Gasteiger partial charge in [-0.25, -0.2) is 0 Å². The number of rotatable bonds is 9. The molecule has 0 aliphatic heterocycles. The summed E-state index contributed by atoms with van der Waals surface area (Å²) in [4.78, 5) is 0. The molecule has 1 atom stereocenters. The van der Waals surface area contributed by atoms with E-state index in [1.165, 1.54) is 0 Å². The minimum Gasteiger partial charge on any atom is -0.377 e. The Morgan fingerprint density at radius 1 is 1.21 bits per heavy atom. The molecule has 0 radical (unpaired) electrons. The molecular weight excluding hydrogens is 216 g/mol. The fraction of sp³-hybridized carbons (Fsp3) is 1.00. The average Bonchev–Trinajstić information content (AvgIpc) is 2.22. The van der Waals surface area contributed by atoms with E-state index < -0.39 is 8.80 Å². The molecule has 0 fully saturated rings. The first-order valence-electron chi connectivity index (χ1n) is 5.18. The minimum atomic E-state index is -2.36. The van der Waals surface area contributed by atoms with Crippen molar-refractivity contribution in [3.8, 4) is 0 Å². The van der Waals surface area contributed by atoms with Gasteiger partial charge in [0.25, 0.3) is 0 Å². The van der Waals surface area contributed by atoms with Crippen LogP contribution in [-0.4, -0.2) is 34.9 Å². The summed E-state index contributed by atoms with van der Waals surface area (Å²) < 4.78 is 16.8. The molecule has 0 aromatic carbocycles. The summed E-state index contributed by atoms with van der Waals surface area (Å²) in [6, 6.07) is 0.862. The zero-order valence-corrected chi connectivity index (χ0v) is 11.3. The Balaban J connectivity index is 4.11. The van der Waals surface area contributed by atoms with Crippen molar-refractivity contribution in [2.45, 2.75) is 32.7 Å². The van der Waals surface area contributed by atoms with Crippen LogP contribution in [0.25, 0.3) is 0 Å². The second-order valence-electron chi connectivity index (χ2n) is 3.00. The molecule has 0 rings (SSSR count). The molecular formula is C9H22O3SSi. The number of thiol groups is 1. The van der Waals surface area contributed by atoms with Crippen molar-refractivity contribution in [2.24, 2.45) is 0 Å². The van der Waals surface area contributed by atoms with Crippen molar-refractivity contribution in [1.29, 1.82) is 0 Å². The van der Waals surface area contributed by atoms with E-state index in [-0.39, 0.29) is 0 Å². The number of hydrogen-bond acceptors (Lipinski definition) is 4. The van der Waals surface area contributed by atoms with Gasteiger partial charge >= 0.3 is 8.80 Å². The van der Waals surface area contributed by atoms with Crippen molar-refractivity contribution >= 4 is 21.4 Å². The van der Waals surface area contributed by atoms with E-state index in [9.17, 15) is 0 Å². The van der Waals surface area contributed by atoms with Gasteiger partial charge in [-0.15, -0.1) is 0 Å². The van der Waals surface area contributed by atoms with Crippen molar-refractivity contribution < 1.29 is 13.3 Å². The highest BCUT2D eigenvalue weighted by molar-refractivity contribution is 7.80. The average molecular weight is 238 g/mol. The third-order valence-electron chi connectivity index (χ3n) is 1.84. The molecule has 86 valence electrons. The van der Waals surface area contributed by atoms with Crippen LogP contribution in [0.5, 0.6) is 0 Å². The Morgan fingerprint density at radius 2 is 1.93 bits per heavy atom. The van der Waals surface area contributed by atoms with Crippen LogP contribution in [0.3, 0.4) is 0 Å². The first kappa shape index (κ1) is 14.4. The first-order chi connectivity index (χ1) is 6.74. The van der Waals surface area contributed by atoms with Crippen LogP contribution in [-0.2, 0) is 13.3 Å². The first-order valence-corrected chi connectivity index (χ1v) is 7.75. The lowest BCUT2D eigenvalue weighted by Crippen LogP contribution is -2.45. The van der Waals surface area contributed by atoms with Crippen LogP contribution in [0.15, 0.2) is 0 Å². The summed E-state index contributed by atoms with van der Waals surface area (Å²) in [6.07, 6.45) is 1.97. The van der Waals surface area contributed by atoms with Crippen LogP contribution in [0, 0.1) is 0 Å². The van der Waals surface area contributed by atoms with Gasteiger partial charge in [0.05, 0.1) is 0 Å². The van der Waals surface area contributed by atoms with E-state index in [4.69, 9.17) is 13.3 Å². The predicted octanol–water partition coefficient (Wildman–Crippen LogP) is 2.35.